The first-order chi connectivity index (χ1) is 9.09. The van der Waals surface area contributed by atoms with Crippen LogP contribution < -0.4 is 5.32 Å². The highest BCUT2D eigenvalue weighted by Crippen LogP contribution is 2.28. The van der Waals surface area contributed by atoms with E-state index in [0.29, 0.717) is 0 Å². The average molecular weight is 420 g/mol. The number of halogens is 3. The van der Waals surface area contributed by atoms with Gasteiger partial charge in [-0.25, -0.2) is 0 Å². The molecule has 0 heterocycles. The monoisotopic (exact) mass is 417 g/mol. The lowest BCUT2D eigenvalue weighted by Gasteiger charge is -2.22. The Kier molecular flexibility index (Phi) is 7.24. The van der Waals surface area contributed by atoms with E-state index in [9.17, 15) is 0 Å². The topological polar surface area (TPSA) is 12.0 Å². The second-order valence-corrected chi connectivity index (χ2v) is 6.36. The number of nitrogens with one attached hydrogen (secondary N) is 1. The molecule has 0 bridgehead atoms. The molecule has 0 aliphatic rings. The molecule has 0 fully saturated rings. The first-order valence-electron chi connectivity index (χ1n) is 6.34. The summed E-state index contributed by atoms with van der Waals surface area (Å²) in [5.41, 5.74) is 2.56. The third-order valence-electron chi connectivity index (χ3n) is 3.24. The van der Waals surface area contributed by atoms with Crippen molar-refractivity contribution in [3.8, 4) is 0 Å². The lowest BCUT2D eigenvalue weighted by atomic mass is 10.0. The zero-order valence-corrected chi connectivity index (χ0v) is 15.4. The van der Waals surface area contributed by atoms with Crippen LogP contribution in [0.4, 0.5) is 0 Å². The molecule has 20 heavy (non-hydrogen) atoms. The smallest absolute Gasteiger partial charge is 0.0308 e. The van der Waals surface area contributed by atoms with Crippen LogP contribution >= 0.6 is 44.3 Å². The SMILES string of the molecule is CC(NC(C)c1ccccc1Br)c1ccccc1Br.Cl. The van der Waals surface area contributed by atoms with Gasteiger partial charge in [0.1, 0.15) is 0 Å². The van der Waals surface area contributed by atoms with Crippen LogP contribution in [0.1, 0.15) is 37.1 Å². The van der Waals surface area contributed by atoms with E-state index in [-0.39, 0.29) is 24.5 Å². The number of hydrogen-bond acceptors (Lipinski definition) is 1. The van der Waals surface area contributed by atoms with Crippen molar-refractivity contribution in [2.75, 3.05) is 0 Å². The summed E-state index contributed by atoms with van der Waals surface area (Å²) in [6.45, 7) is 4.38. The van der Waals surface area contributed by atoms with Gasteiger partial charge in [-0.3, -0.25) is 0 Å². The van der Waals surface area contributed by atoms with E-state index < -0.39 is 0 Å². The summed E-state index contributed by atoms with van der Waals surface area (Å²) in [6, 6.07) is 17.3. The van der Waals surface area contributed by atoms with E-state index in [1.165, 1.54) is 11.1 Å². The van der Waals surface area contributed by atoms with Gasteiger partial charge in [0.15, 0.2) is 0 Å². The lowest BCUT2D eigenvalue weighted by molar-refractivity contribution is 0.492. The Morgan fingerprint density at radius 1 is 0.750 bits per heavy atom. The van der Waals surface area contributed by atoms with E-state index in [1.807, 2.05) is 12.1 Å². The average Bonchev–Trinajstić information content (AvgIpc) is 2.39. The van der Waals surface area contributed by atoms with Crippen LogP contribution in [0, 0.1) is 0 Å². The Balaban J connectivity index is 0.00000200. The summed E-state index contributed by atoms with van der Waals surface area (Å²) in [6.07, 6.45) is 0. The molecule has 2 unspecified atom stereocenters. The number of hydrogen-bond donors (Lipinski definition) is 1. The molecule has 2 aromatic rings. The zero-order chi connectivity index (χ0) is 13.8. The molecule has 2 atom stereocenters. The van der Waals surface area contributed by atoms with Gasteiger partial charge >= 0.3 is 0 Å². The van der Waals surface area contributed by atoms with Gasteiger partial charge in [0.25, 0.3) is 0 Å². The Hall–Kier alpha value is -0.350. The molecule has 1 nitrogen and oxygen atoms in total. The Morgan fingerprint density at radius 3 is 1.45 bits per heavy atom. The molecule has 2 aromatic carbocycles. The minimum atomic E-state index is 0. The Bertz CT molecular complexity index is 510. The van der Waals surface area contributed by atoms with Crippen molar-refractivity contribution < 1.29 is 0 Å². The number of benzene rings is 2. The Labute approximate surface area is 143 Å². The lowest BCUT2D eigenvalue weighted by Crippen LogP contribution is -2.23. The molecule has 0 amide bonds. The van der Waals surface area contributed by atoms with Crippen LogP contribution in [0.3, 0.4) is 0 Å². The van der Waals surface area contributed by atoms with Crippen LogP contribution in [0.2, 0.25) is 0 Å². The van der Waals surface area contributed by atoms with Crippen LogP contribution in [0.5, 0.6) is 0 Å². The third kappa shape index (κ3) is 4.32. The summed E-state index contributed by atoms with van der Waals surface area (Å²) >= 11 is 7.22. The molecule has 0 saturated carbocycles. The van der Waals surface area contributed by atoms with Gasteiger partial charge in [0, 0.05) is 21.0 Å². The molecule has 1 N–H and O–H groups in total. The van der Waals surface area contributed by atoms with Crippen LogP contribution in [-0.4, -0.2) is 0 Å². The third-order valence-corrected chi connectivity index (χ3v) is 4.69. The molecule has 0 aliphatic carbocycles. The van der Waals surface area contributed by atoms with Gasteiger partial charge in [0.05, 0.1) is 0 Å². The molecule has 0 aliphatic heterocycles. The van der Waals surface area contributed by atoms with Gasteiger partial charge < -0.3 is 5.32 Å². The molecule has 108 valence electrons. The van der Waals surface area contributed by atoms with E-state index in [4.69, 9.17) is 0 Å². The normalized spacial score (nSPS) is 13.4. The summed E-state index contributed by atoms with van der Waals surface area (Å²) in [4.78, 5) is 0. The van der Waals surface area contributed by atoms with E-state index in [0.717, 1.165) is 8.95 Å². The predicted octanol–water partition coefficient (Wildman–Crippen LogP) is 6.05. The molecule has 0 saturated heterocycles. The summed E-state index contributed by atoms with van der Waals surface area (Å²) < 4.78 is 2.30. The van der Waals surface area contributed by atoms with Crippen LogP contribution in [0.25, 0.3) is 0 Å². The predicted molar refractivity (Wildman–Crippen MR) is 95.5 cm³/mol. The maximum atomic E-state index is 3.63. The molecule has 0 radical (unpaired) electrons. The fourth-order valence-electron chi connectivity index (χ4n) is 2.21. The van der Waals surface area contributed by atoms with Crippen molar-refractivity contribution in [3.63, 3.8) is 0 Å². The van der Waals surface area contributed by atoms with Gasteiger partial charge in [-0.15, -0.1) is 12.4 Å². The minimum Gasteiger partial charge on any atom is -0.304 e. The van der Waals surface area contributed by atoms with Crippen LogP contribution in [0.15, 0.2) is 57.5 Å². The first kappa shape index (κ1) is 17.7. The standard InChI is InChI=1S/C16H17Br2N.ClH/c1-11(13-7-3-5-9-15(13)17)19-12(2)14-8-4-6-10-16(14)18;/h3-12,19H,1-2H3;1H. The second-order valence-electron chi connectivity index (χ2n) is 4.65. The summed E-state index contributed by atoms with van der Waals surface area (Å²) in [5.74, 6) is 0. The van der Waals surface area contributed by atoms with Crippen molar-refractivity contribution in [2.45, 2.75) is 25.9 Å². The molecule has 2 rings (SSSR count). The maximum absolute atomic E-state index is 3.63. The minimum absolute atomic E-state index is 0. The number of rotatable bonds is 4. The summed E-state index contributed by atoms with van der Waals surface area (Å²) in [7, 11) is 0. The van der Waals surface area contributed by atoms with Crippen molar-refractivity contribution in [1.29, 1.82) is 0 Å². The highest BCUT2D eigenvalue weighted by atomic mass is 79.9. The fourth-order valence-corrected chi connectivity index (χ4v) is 3.46. The van der Waals surface area contributed by atoms with Crippen molar-refractivity contribution in [2.24, 2.45) is 0 Å². The molecule has 4 heteroatoms. The van der Waals surface area contributed by atoms with Gasteiger partial charge in [-0.05, 0) is 37.1 Å². The second kappa shape index (κ2) is 8.18. The first-order valence-corrected chi connectivity index (χ1v) is 7.93. The fraction of sp³-hybridized carbons (Fsp3) is 0.250. The zero-order valence-electron chi connectivity index (χ0n) is 11.4. The summed E-state index contributed by atoms with van der Waals surface area (Å²) in [5, 5.41) is 3.63. The largest absolute Gasteiger partial charge is 0.304 e. The van der Waals surface area contributed by atoms with Crippen molar-refractivity contribution >= 4 is 44.3 Å². The highest BCUT2D eigenvalue weighted by molar-refractivity contribution is 9.10. The quantitative estimate of drug-likeness (QED) is 0.637. The van der Waals surface area contributed by atoms with E-state index >= 15 is 0 Å². The molecular formula is C16H18Br2ClN. The van der Waals surface area contributed by atoms with E-state index in [2.05, 4.69) is 87.4 Å². The van der Waals surface area contributed by atoms with Gasteiger partial charge in [-0.2, -0.15) is 0 Å². The van der Waals surface area contributed by atoms with Gasteiger partial charge in [0.2, 0.25) is 0 Å². The van der Waals surface area contributed by atoms with Gasteiger partial charge in [-0.1, -0.05) is 68.3 Å². The maximum Gasteiger partial charge on any atom is 0.0308 e. The van der Waals surface area contributed by atoms with Crippen molar-refractivity contribution in [3.05, 3.63) is 68.6 Å². The van der Waals surface area contributed by atoms with Crippen LogP contribution in [-0.2, 0) is 0 Å². The van der Waals surface area contributed by atoms with Crippen molar-refractivity contribution in [1.82, 2.24) is 5.32 Å². The molecule has 0 aromatic heterocycles. The highest BCUT2D eigenvalue weighted by Gasteiger charge is 2.14. The van der Waals surface area contributed by atoms with E-state index in [1.54, 1.807) is 0 Å². The molecular weight excluding hydrogens is 401 g/mol. The molecule has 0 spiro atoms. The Morgan fingerprint density at radius 2 is 1.10 bits per heavy atom.